The highest BCUT2D eigenvalue weighted by molar-refractivity contribution is 6.31. The number of hydrogen-bond donors (Lipinski definition) is 1. The lowest BCUT2D eigenvalue weighted by atomic mass is 9.97. The second kappa shape index (κ2) is 6.84. The van der Waals surface area contributed by atoms with Crippen LogP contribution in [0.25, 0.3) is 0 Å². The summed E-state index contributed by atoms with van der Waals surface area (Å²) in [7, 11) is 0. The van der Waals surface area contributed by atoms with Crippen molar-refractivity contribution in [3.05, 3.63) is 47.3 Å². The van der Waals surface area contributed by atoms with Crippen molar-refractivity contribution in [1.82, 2.24) is 15.1 Å². The van der Waals surface area contributed by atoms with Crippen molar-refractivity contribution in [2.24, 2.45) is 0 Å². The summed E-state index contributed by atoms with van der Waals surface area (Å²) in [5.41, 5.74) is 0.246. The Kier molecular flexibility index (Phi) is 4.76. The van der Waals surface area contributed by atoms with E-state index in [1.54, 1.807) is 0 Å². The van der Waals surface area contributed by atoms with Gasteiger partial charge in [0.1, 0.15) is 11.9 Å². The number of nitrogens with zero attached hydrogens (tertiary/aromatic N) is 2. The smallest absolute Gasteiger partial charge is 0.327 e. The second-order valence-corrected chi connectivity index (χ2v) is 6.46. The Morgan fingerprint density at radius 2 is 2.20 bits per heavy atom. The minimum absolute atomic E-state index is 0.126. The Hall–Kier alpha value is -2.41. The number of piperidine rings is 1. The Bertz CT molecular complexity index is 755. The van der Waals surface area contributed by atoms with E-state index in [2.05, 4.69) is 11.9 Å². The van der Waals surface area contributed by atoms with Crippen molar-refractivity contribution in [3.63, 3.8) is 0 Å². The molecule has 2 atom stereocenters. The largest absolute Gasteiger partial charge is 0.349 e. The number of amides is 4. The highest BCUT2D eigenvalue weighted by Gasteiger charge is 2.47. The fraction of sp³-hybridized carbons (Fsp3) is 0.353. The molecule has 0 bridgehead atoms. The van der Waals surface area contributed by atoms with Crippen LogP contribution in [0.15, 0.2) is 30.9 Å². The van der Waals surface area contributed by atoms with E-state index >= 15 is 0 Å². The molecule has 6 nitrogen and oxygen atoms in total. The normalized spacial score (nSPS) is 22.8. The number of carbonyl (C=O) groups excluding carboxylic acids is 3. The molecule has 2 heterocycles. The SMILES string of the molecule is C=CCN1C(=O)[C@H]2C[C@@H](NC(=O)c3ccc(F)c(Cl)c3)CCN2C1=O. The molecule has 2 aliphatic heterocycles. The number of imide groups is 1. The number of nitrogens with one attached hydrogen (secondary N) is 1. The lowest BCUT2D eigenvalue weighted by Crippen LogP contribution is -2.49. The molecule has 0 aliphatic carbocycles. The Labute approximate surface area is 149 Å². The van der Waals surface area contributed by atoms with Crippen LogP contribution in [-0.4, -0.2) is 52.8 Å². The Morgan fingerprint density at radius 3 is 2.88 bits per heavy atom. The minimum Gasteiger partial charge on any atom is -0.349 e. The van der Waals surface area contributed by atoms with Crippen LogP contribution < -0.4 is 5.32 Å². The van der Waals surface area contributed by atoms with Crippen LogP contribution in [0.5, 0.6) is 0 Å². The van der Waals surface area contributed by atoms with Gasteiger partial charge < -0.3 is 10.2 Å². The molecule has 0 radical (unpaired) electrons. The molecule has 0 saturated carbocycles. The molecule has 4 amide bonds. The fourth-order valence-corrected chi connectivity index (χ4v) is 3.37. The van der Waals surface area contributed by atoms with Crippen LogP contribution in [0.3, 0.4) is 0 Å². The molecule has 3 rings (SSSR count). The first kappa shape index (κ1) is 17.4. The summed E-state index contributed by atoms with van der Waals surface area (Å²) < 4.78 is 13.2. The predicted molar refractivity (Wildman–Crippen MR) is 89.7 cm³/mol. The fourth-order valence-electron chi connectivity index (χ4n) is 3.19. The summed E-state index contributed by atoms with van der Waals surface area (Å²) in [6.45, 7) is 4.12. The van der Waals surface area contributed by atoms with E-state index in [1.807, 2.05) is 0 Å². The van der Waals surface area contributed by atoms with Gasteiger partial charge in [0.05, 0.1) is 5.02 Å². The van der Waals surface area contributed by atoms with Crippen LogP contribution in [0.4, 0.5) is 9.18 Å². The lowest BCUT2D eigenvalue weighted by Gasteiger charge is -2.32. The lowest BCUT2D eigenvalue weighted by molar-refractivity contribution is -0.128. The molecule has 8 heteroatoms. The summed E-state index contributed by atoms with van der Waals surface area (Å²) in [4.78, 5) is 39.6. The molecular formula is C17H17ClFN3O3. The van der Waals surface area contributed by atoms with E-state index in [4.69, 9.17) is 11.6 Å². The Balaban J connectivity index is 1.67. The van der Waals surface area contributed by atoms with Gasteiger partial charge in [-0.1, -0.05) is 17.7 Å². The molecule has 0 aromatic heterocycles. The molecule has 1 N–H and O–H groups in total. The highest BCUT2D eigenvalue weighted by Crippen LogP contribution is 2.27. The van der Waals surface area contributed by atoms with Crippen LogP contribution in [0.1, 0.15) is 23.2 Å². The van der Waals surface area contributed by atoms with Gasteiger partial charge in [0.25, 0.3) is 11.8 Å². The molecule has 1 aromatic rings. The van der Waals surface area contributed by atoms with Crippen molar-refractivity contribution in [3.8, 4) is 0 Å². The highest BCUT2D eigenvalue weighted by atomic mass is 35.5. The number of urea groups is 1. The van der Waals surface area contributed by atoms with Gasteiger partial charge in [-0.3, -0.25) is 14.5 Å². The third kappa shape index (κ3) is 3.24. The topological polar surface area (TPSA) is 69.7 Å². The number of halogens is 2. The number of rotatable bonds is 4. The number of hydrogen-bond acceptors (Lipinski definition) is 3. The van der Waals surface area contributed by atoms with Gasteiger partial charge in [-0.2, -0.15) is 0 Å². The van der Waals surface area contributed by atoms with Crippen molar-refractivity contribution in [2.45, 2.75) is 24.9 Å². The average Bonchev–Trinajstić information content (AvgIpc) is 2.82. The van der Waals surface area contributed by atoms with Gasteiger partial charge in [-0.05, 0) is 31.0 Å². The number of benzene rings is 1. The maximum Gasteiger partial charge on any atom is 0.327 e. The number of carbonyl (C=O) groups is 3. The van der Waals surface area contributed by atoms with Crippen LogP contribution in [0, 0.1) is 5.82 Å². The Morgan fingerprint density at radius 1 is 1.44 bits per heavy atom. The molecule has 2 fully saturated rings. The summed E-state index contributed by atoms with van der Waals surface area (Å²) in [6, 6.07) is 2.61. The van der Waals surface area contributed by atoms with Crippen molar-refractivity contribution in [2.75, 3.05) is 13.1 Å². The van der Waals surface area contributed by atoms with Crippen molar-refractivity contribution in [1.29, 1.82) is 0 Å². The zero-order valence-corrected chi connectivity index (χ0v) is 14.1. The summed E-state index contributed by atoms with van der Waals surface area (Å²) in [5.74, 6) is -1.25. The first-order chi connectivity index (χ1) is 11.9. The van der Waals surface area contributed by atoms with Gasteiger partial charge in [-0.15, -0.1) is 6.58 Å². The molecule has 132 valence electrons. The van der Waals surface area contributed by atoms with E-state index in [-0.39, 0.29) is 41.0 Å². The summed E-state index contributed by atoms with van der Waals surface area (Å²) >= 11 is 5.70. The number of fused-ring (bicyclic) bond motifs is 1. The average molecular weight is 366 g/mol. The van der Waals surface area contributed by atoms with Gasteiger partial charge in [-0.25, -0.2) is 9.18 Å². The third-order valence-corrected chi connectivity index (χ3v) is 4.75. The van der Waals surface area contributed by atoms with Crippen molar-refractivity contribution < 1.29 is 18.8 Å². The minimum atomic E-state index is -0.594. The van der Waals surface area contributed by atoms with E-state index in [0.717, 1.165) is 6.07 Å². The first-order valence-corrected chi connectivity index (χ1v) is 8.29. The maximum atomic E-state index is 13.2. The molecule has 0 spiro atoms. The molecule has 2 saturated heterocycles. The molecule has 1 aromatic carbocycles. The van der Waals surface area contributed by atoms with Gasteiger partial charge in [0.2, 0.25) is 0 Å². The van der Waals surface area contributed by atoms with Crippen LogP contribution in [0.2, 0.25) is 5.02 Å². The van der Waals surface area contributed by atoms with E-state index in [1.165, 1.54) is 28.0 Å². The van der Waals surface area contributed by atoms with E-state index < -0.39 is 11.9 Å². The first-order valence-electron chi connectivity index (χ1n) is 7.91. The zero-order valence-electron chi connectivity index (χ0n) is 13.4. The third-order valence-electron chi connectivity index (χ3n) is 4.46. The summed E-state index contributed by atoms with van der Waals surface area (Å²) in [5, 5.41) is 2.70. The second-order valence-electron chi connectivity index (χ2n) is 6.05. The van der Waals surface area contributed by atoms with Crippen LogP contribution in [-0.2, 0) is 4.79 Å². The zero-order chi connectivity index (χ0) is 18.1. The molecule has 2 aliphatic rings. The monoisotopic (exact) mass is 365 g/mol. The standard InChI is InChI=1S/C17H17ClFN3O3/c1-2-6-22-16(24)14-9-11(5-7-21(14)17(22)25)20-15(23)10-3-4-13(19)12(18)8-10/h2-4,8,11,14H,1,5-7,9H2,(H,20,23)/t11-,14+/m0/s1. The summed E-state index contributed by atoms with van der Waals surface area (Å²) in [6.07, 6.45) is 2.39. The quantitative estimate of drug-likeness (QED) is 0.657. The van der Waals surface area contributed by atoms with Gasteiger partial charge >= 0.3 is 6.03 Å². The van der Waals surface area contributed by atoms with Gasteiger partial charge in [0.15, 0.2) is 0 Å². The van der Waals surface area contributed by atoms with Crippen molar-refractivity contribution >= 4 is 29.4 Å². The van der Waals surface area contributed by atoms with Gasteiger partial charge in [0, 0.05) is 24.7 Å². The molecule has 0 unspecified atom stereocenters. The maximum absolute atomic E-state index is 13.2. The molecule has 25 heavy (non-hydrogen) atoms. The van der Waals surface area contributed by atoms with E-state index in [0.29, 0.717) is 19.4 Å². The predicted octanol–water partition coefficient (Wildman–Crippen LogP) is 2.19. The van der Waals surface area contributed by atoms with E-state index in [9.17, 15) is 18.8 Å². The van der Waals surface area contributed by atoms with Crippen LogP contribution >= 0.6 is 11.6 Å². The molecular weight excluding hydrogens is 349 g/mol.